The average molecular weight is 304 g/mol. The molecule has 6 nitrogen and oxygen atoms in total. The van der Waals surface area contributed by atoms with Crippen LogP contribution in [0.2, 0.25) is 0 Å². The zero-order chi connectivity index (χ0) is 15.0. The fraction of sp³-hybridized carbons (Fsp3) is 0.923. The van der Waals surface area contributed by atoms with Crippen LogP contribution < -0.4 is 0 Å². The molecule has 1 rings (SSSR count). The number of hydrogen-bond donors (Lipinski definition) is 0. The second kappa shape index (κ2) is 9.62. The van der Waals surface area contributed by atoms with Crippen molar-refractivity contribution in [3.8, 4) is 6.07 Å². The number of nitrogens with zero attached hydrogens (tertiary/aromatic N) is 2. The molecule has 0 bridgehead atoms. The van der Waals surface area contributed by atoms with E-state index in [0.717, 1.165) is 13.0 Å². The molecule has 1 heterocycles. The normalized spacial score (nSPS) is 20.8. The average Bonchev–Trinajstić information content (AvgIpc) is 2.86. The molecule has 1 saturated heterocycles. The summed E-state index contributed by atoms with van der Waals surface area (Å²) in [6, 6.07) is 2.58. The van der Waals surface area contributed by atoms with E-state index >= 15 is 0 Å². The molecule has 0 aromatic rings. The van der Waals surface area contributed by atoms with Crippen LogP contribution in [0.4, 0.5) is 0 Å². The SMILES string of the molecule is CC(C)N(C(C)C)P(OOCCC#N)OC1CCOC1. The van der Waals surface area contributed by atoms with Crippen LogP contribution in [0.15, 0.2) is 0 Å². The van der Waals surface area contributed by atoms with Gasteiger partial charge in [0.1, 0.15) is 0 Å². The first kappa shape index (κ1) is 17.8. The summed E-state index contributed by atoms with van der Waals surface area (Å²) < 4.78 is 18.9. The van der Waals surface area contributed by atoms with E-state index in [1.54, 1.807) is 0 Å². The van der Waals surface area contributed by atoms with E-state index in [2.05, 4.69) is 32.4 Å². The summed E-state index contributed by atoms with van der Waals surface area (Å²) in [5, 5.41) is 8.51. The van der Waals surface area contributed by atoms with Gasteiger partial charge in [0, 0.05) is 18.7 Å². The zero-order valence-electron chi connectivity index (χ0n) is 12.7. The van der Waals surface area contributed by atoms with Gasteiger partial charge in [-0.25, -0.2) is 9.56 Å². The summed E-state index contributed by atoms with van der Waals surface area (Å²) >= 11 is 0. The Morgan fingerprint density at radius 2 is 2.05 bits per heavy atom. The molecule has 1 aliphatic rings. The molecular weight excluding hydrogens is 279 g/mol. The van der Waals surface area contributed by atoms with Gasteiger partial charge in [0.05, 0.1) is 31.8 Å². The predicted molar refractivity (Wildman–Crippen MR) is 76.6 cm³/mol. The molecule has 0 saturated carbocycles. The van der Waals surface area contributed by atoms with Crippen molar-refractivity contribution in [1.29, 1.82) is 5.26 Å². The molecule has 0 N–H and O–H groups in total. The second-order valence-electron chi connectivity index (χ2n) is 5.20. The Hall–Kier alpha value is -0.280. The van der Waals surface area contributed by atoms with Gasteiger partial charge >= 0.3 is 0 Å². The summed E-state index contributed by atoms with van der Waals surface area (Å²) in [5.41, 5.74) is 0. The van der Waals surface area contributed by atoms with Gasteiger partial charge in [-0.1, -0.05) is 0 Å². The third kappa shape index (κ3) is 6.01. The minimum atomic E-state index is -1.31. The van der Waals surface area contributed by atoms with Crippen molar-refractivity contribution in [3.05, 3.63) is 0 Å². The van der Waals surface area contributed by atoms with E-state index in [0.29, 0.717) is 13.0 Å². The van der Waals surface area contributed by atoms with Crippen LogP contribution in [0.1, 0.15) is 40.5 Å². The molecular formula is C13H25N2O4P. The lowest BCUT2D eigenvalue weighted by molar-refractivity contribution is -0.213. The minimum Gasteiger partial charge on any atom is -0.379 e. The maximum atomic E-state index is 8.51. The highest BCUT2D eigenvalue weighted by molar-refractivity contribution is 7.44. The van der Waals surface area contributed by atoms with E-state index in [1.807, 2.05) is 6.07 Å². The molecule has 0 spiro atoms. The molecule has 2 unspecified atom stereocenters. The molecule has 1 fully saturated rings. The Balaban J connectivity index is 2.58. The maximum absolute atomic E-state index is 8.51. The smallest absolute Gasteiger partial charge is 0.292 e. The molecule has 7 heteroatoms. The van der Waals surface area contributed by atoms with Crippen molar-refractivity contribution in [3.63, 3.8) is 0 Å². The highest BCUT2D eigenvalue weighted by atomic mass is 31.2. The molecule has 0 aromatic heterocycles. The van der Waals surface area contributed by atoms with Gasteiger partial charge < -0.3 is 9.26 Å². The van der Waals surface area contributed by atoms with Crippen molar-refractivity contribution in [1.82, 2.24) is 4.67 Å². The van der Waals surface area contributed by atoms with Crippen LogP contribution in [-0.2, 0) is 18.8 Å². The number of hydrogen-bond acceptors (Lipinski definition) is 6. The van der Waals surface area contributed by atoms with Gasteiger partial charge in [-0.3, -0.25) is 0 Å². The van der Waals surface area contributed by atoms with Gasteiger partial charge in [0.25, 0.3) is 8.53 Å². The van der Waals surface area contributed by atoms with Gasteiger partial charge in [-0.15, -0.1) is 0 Å². The summed E-state index contributed by atoms with van der Waals surface area (Å²) in [7, 11) is -1.31. The fourth-order valence-electron chi connectivity index (χ4n) is 1.98. The lowest BCUT2D eigenvalue weighted by Gasteiger charge is -2.35. The van der Waals surface area contributed by atoms with E-state index < -0.39 is 8.53 Å². The van der Waals surface area contributed by atoms with Crippen LogP contribution in [-0.4, -0.2) is 42.7 Å². The monoisotopic (exact) mass is 304 g/mol. The number of ether oxygens (including phenoxy) is 1. The predicted octanol–water partition coefficient (Wildman–Crippen LogP) is 3.00. The summed E-state index contributed by atoms with van der Waals surface area (Å²) in [6.45, 7) is 9.98. The van der Waals surface area contributed by atoms with Crippen LogP contribution in [0.3, 0.4) is 0 Å². The van der Waals surface area contributed by atoms with Gasteiger partial charge in [0.15, 0.2) is 0 Å². The van der Waals surface area contributed by atoms with E-state index in [1.165, 1.54) is 0 Å². The first-order valence-corrected chi connectivity index (χ1v) is 8.18. The van der Waals surface area contributed by atoms with Gasteiger partial charge in [-0.05, 0) is 34.1 Å². The van der Waals surface area contributed by atoms with Crippen molar-refractivity contribution in [2.24, 2.45) is 0 Å². The topological polar surface area (TPSA) is 64.0 Å². The lowest BCUT2D eigenvalue weighted by atomic mass is 10.3. The largest absolute Gasteiger partial charge is 0.379 e. The minimum absolute atomic E-state index is 0.0562. The van der Waals surface area contributed by atoms with Crippen LogP contribution >= 0.6 is 8.53 Å². The summed E-state index contributed by atoms with van der Waals surface area (Å²) in [4.78, 5) is 5.13. The third-order valence-electron chi connectivity index (χ3n) is 2.79. The molecule has 1 aliphatic heterocycles. The number of rotatable bonds is 9. The van der Waals surface area contributed by atoms with Gasteiger partial charge in [0.2, 0.25) is 0 Å². The Labute approximate surface area is 122 Å². The van der Waals surface area contributed by atoms with Crippen molar-refractivity contribution >= 4 is 8.53 Å². The van der Waals surface area contributed by atoms with Crippen LogP contribution in [0.25, 0.3) is 0 Å². The Bertz CT molecular complexity index is 295. The standard InChI is InChI=1S/C13H25N2O4P/c1-11(2)15(12(3)4)20(19-17-8-5-7-14)18-13-6-9-16-10-13/h11-13H,5-6,8-10H2,1-4H3. The number of nitriles is 1. The van der Waals surface area contributed by atoms with Crippen LogP contribution in [0.5, 0.6) is 0 Å². The van der Waals surface area contributed by atoms with E-state index in [-0.39, 0.29) is 24.8 Å². The van der Waals surface area contributed by atoms with E-state index in [9.17, 15) is 0 Å². The molecule has 2 atom stereocenters. The zero-order valence-corrected chi connectivity index (χ0v) is 13.6. The Morgan fingerprint density at radius 1 is 1.35 bits per heavy atom. The molecule has 0 aliphatic carbocycles. The Morgan fingerprint density at radius 3 is 2.55 bits per heavy atom. The molecule has 0 radical (unpaired) electrons. The fourth-order valence-corrected chi connectivity index (χ4v) is 3.54. The maximum Gasteiger partial charge on any atom is 0.292 e. The molecule has 0 aromatic carbocycles. The third-order valence-corrected chi connectivity index (χ3v) is 4.80. The summed E-state index contributed by atoms with van der Waals surface area (Å²) in [5.74, 6) is 0. The molecule has 20 heavy (non-hydrogen) atoms. The van der Waals surface area contributed by atoms with Crippen molar-refractivity contribution in [2.75, 3.05) is 19.8 Å². The molecule has 116 valence electrons. The van der Waals surface area contributed by atoms with Crippen LogP contribution in [0, 0.1) is 11.3 Å². The summed E-state index contributed by atoms with van der Waals surface area (Å²) in [6.07, 6.45) is 1.24. The van der Waals surface area contributed by atoms with E-state index in [4.69, 9.17) is 24.1 Å². The van der Waals surface area contributed by atoms with Gasteiger partial charge in [-0.2, -0.15) is 9.94 Å². The molecule has 0 amide bonds. The first-order chi connectivity index (χ1) is 9.56. The van der Waals surface area contributed by atoms with Crippen molar-refractivity contribution in [2.45, 2.75) is 58.7 Å². The first-order valence-electron chi connectivity index (χ1n) is 7.05. The second-order valence-corrected chi connectivity index (χ2v) is 6.50. The van der Waals surface area contributed by atoms with Crippen molar-refractivity contribution < 1.29 is 18.8 Å². The lowest BCUT2D eigenvalue weighted by Crippen LogP contribution is -2.34. The Kier molecular flexibility index (Phi) is 8.55. The quantitative estimate of drug-likeness (QED) is 0.282. The highest BCUT2D eigenvalue weighted by Gasteiger charge is 2.32. The highest BCUT2D eigenvalue weighted by Crippen LogP contribution is 2.47.